The van der Waals surface area contributed by atoms with Crippen molar-refractivity contribution in [2.75, 3.05) is 6.61 Å². The minimum absolute atomic E-state index is 0.0532. The lowest BCUT2D eigenvalue weighted by molar-refractivity contribution is -0.138. The highest BCUT2D eigenvalue weighted by atomic mass is 35.5. The summed E-state index contributed by atoms with van der Waals surface area (Å²) in [6.07, 6.45) is 1.46. The highest BCUT2D eigenvalue weighted by molar-refractivity contribution is 8.06. The van der Waals surface area contributed by atoms with Gasteiger partial charge in [-0.1, -0.05) is 11.8 Å². The summed E-state index contributed by atoms with van der Waals surface area (Å²) in [5.41, 5.74) is 0.968. The number of hydrogen-bond donors (Lipinski definition) is 1. The molecule has 0 spiro atoms. The van der Waals surface area contributed by atoms with Gasteiger partial charge >= 0.3 is 5.97 Å². The van der Waals surface area contributed by atoms with Gasteiger partial charge < -0.3 is 10.1 Å². The second-order valence-corrected chi connectivity index (χ2v) is 4.74. The number of ether oxygens (including phenoxy) is 1. The summed E-state index contributed by atoms with van der Waals surface area (Å²) in [6, 6.07) is 3.61. The molecule has 20 heavy (non-hydrogen) atoms. The van der Waals surface area contributed by atoms with Gasteiger partial charge in [0.1, 0.15) is 17.3 Å². The minimum Gasteiger partial charge on any atom is -0.461 e. The number of esters is 1. The third kappa shape index (κ3) is 3.10. The smallest absolute Gasteiger partial charge is 0.355 e. The number of carbonyl (C=O) groups is 1. The molecule has 6 nitrogen and oxygen atoms in total. The molecule has 0 atom stereocenters. The molecule has 1 aromatic heterocycles. The monoisotopic (exact) mass is 308 g/mol. The van der Waals surface area contributed by atoms with E-state index < -0.39 is 5.97 Å². The Labute approximate surface area is 124 Å². The molecule has 0 aliphatic carbocycles. The van der Waals surface area contributed by atoms with E-state index >= 15 is 0 Å². The highest BCUT2D eigenvalue weighted by Crippen LogP contribution is 2.31. The maximum atomic E-state index is 11.6. The lowest BCUT2D eigenvalue weighted by Crippen LogP contribution is -2.18. The van der Waals surface area contributed by atoms with E-state index in [1.54, 1.807) is 18.4 Å². The highest BCUT2D eigenvalue weighted by Gasteiger charge is 2.22. The number of nitrogens with one attached hydrogen (secondary N) is 1. The Morgan fingerprint density at radius 2 is 2.45 bits per heavy atom. The van der Waals surface area contributed by atoms with E-state index in [-0.39, 0.29) is 17.5 Å². The largest absolute Gasteiger partial charge is 0.461 e. The Morgan fingerprint density at radius 1 is 1.65 bits per heavy atom. The van der Waals surface area contributed by atoms with Crippen LogP contribution in [0.25, 0.3) is 5.57 Å². The lowest BCUT2D eigenvalue weighted by Gasteiger charge is -2.06. The topological polar surface area (TPSA) is 87.9 Å². The molecule has 0 saturated carbocycles. The standard InChI is InChI=1S/C12H9ClN4O2S/c1-2-19-11(18)9-6-20-10(16-9)7(5-14)8-3-4-15-12(13)17-8/h3-4,6,16H,2H2,1H3. The number of nitriles is 1. The van der Waals surface area contributed by atoms with Gasteiger partial charge in [-0.05, 0) is 24.6 Å². The zero-order valence-corrected chi connectivity index (χ0v) is 12.0. The molecule has 1 aliphatic heterocycles. The number of carbonyl (C=O) groups excluding carboxylic acids is 1. The molecular formula is C12H9ClN4O2S. The average molecular weight is 309 g/mol. The van der Waals surface area contributed by atoms with Crippen LogP contribution in [-0.4, -0.2) is 22.5 Å². The van der Waals surface area contributed by atoms with E-state index in [9.17, 15) is 10.1 Å². The van der Waals surface area contributed by atoms with Gasteiger partial charge in [0.25, 0.3) is 0 Å². The van der Waals surface area contributed by atoms with Gasteiger partial charge in [0.2, 0.25) is 5.28 Å². The first-order chi connectivity index (χ1) is 9.65. The fourth-order valence-corrected chi connectivity index (χ4v) is 2.40. The number of thioether (sulfide) groups is 1. The molecule has 0 amide bonds. The van der Waals surface area contributed by atoms with Crippen LogP contribution in [0.3, 0.4) is 0 Å². The maximum absolute atomic E-state index is 11.6. The summed E-state index contributed by atoms with van der Waals surface area (Å²) in [5.74, 6) is -0.465. The average Bonchev–Trinajstić information content (AvgIpc) is 2.90. The van der Waals surface area contributed by atoms with Gasteiger partial charge in [0.05, 0.1) is 17.3 Å². The molecule has 0 unspecified atom stereocenters. The number of rotatable bonds is 3. The van der Waals surface area contributed by atoms with Crippen molar-refractivity contribution in [3.63, 3.8) is 0 Å². The summed E-state index contributed by atoms with van der Waals surface area (Å²) in [5, 5.41) is 14.3. The molecule has 1 aliphatic rings. The molecule has 8 heteroatoms. The van der Waals surface area contributed by atoms with Crippen molar-refractivity contribution < 1.29 is 9.53 Å². The van der Waals surface area contributed by atoms with Gasteiger partial charge in [-0.3, -0.25) is 0 Å². The van der Waals surface area contributed by atoms with Crippen LogP contribution in [0.5, 0.6) is 0 Å². The summed E-state index contributed by atoms with van der Waals surface area (Å²) < 4.78 is 4.88. The number of allylic oxidation sites excluding steroid dienone is 1. The molecule has 2 rings (SSSR count). The molecule has 2 heterocycles. The zero-order valence-electron chi connectivity index (χ0n) is 10.4. The predicted molar refractivity (Wildman–Crippen MR) is 75.0 cm³/mol. The van der Waals surface area contributed by atoms with Crippen LogP contribution >= 0.6 is 23.4 Å². The van der Waals surface area contributed by atoms with Crippen LogP contribution in [0, 0.1) is 11.3 Å². The van der Waals surface area contributed by atoms with E-state index in [4.69, 9.17) is 16.3 Å². The van der Waals surface area contributed by atoms with Crippen LogP contribution in [0.15, 0.2) is 28.4 Å². The quantitative estimate of drug-likeness (QED) is 0.519. The van der Waals surface area contributed by atoms with Gasteiger partial charge in [-0.2, -0.15) is 5.26 Å². The van der Waals surface area contributed by atoms with E-state index in [1.165, 1.54) is 18.0 Å². The second kappa shape index (κ2) is 6.41. The third-order valence-corrected chi connectivity index (χ3v) is 3.34. The van der Waals surface area contributed by atoms with Crippen LogP contribution in [0.1, 0.15) is 12.6 Å². The van der Waals surface area contributed by atoms with Crippen molar-refractivity contribution in [1.29, 1.82) is 5.26 Å². The molecular weight excluding hydrogens is 300 g/mol. The molecule has 0 fully saturated rings. The first-order valence-corrected chi connectivity index (χ1v) is 6.85. The number of aromatic nitrogens is 2. The fraction of sp³-hybridized carbons (Fsp3) is 0.167. The Balaban J connectivity index is 2.26. The van der Waals surface area contributed by atoms with Crippen LogP contribution in [0.4, 0.5) is 0 Å². The van der Waals surface area contributed by atoms with Gasteiger partial charge in [0.15, 0.2) is 0 Å². The number of nitrogens with zero attached hydrogens (tertiary/aromatic N) is 3. The zero-order chi connectivity index (χ0) is 14.5. The summed E-state index contributed by atoms with van der Waals surface area (Å²) >= 11 is 6.92. The van der Waals surface area contributed by atoms with Crippen molar-refractivity contribution in [2.45, 2.75) is 6.92 Å². The Bertz CT molecular complexity index is 651. The molecule has 1 aromatic rings. The molecule has 0 aromatic carbocycles. The molecule has 0 radical (unpaired) electrons. The van der Waals surface area contributed by atoms with E-state index in [2.05, 4.69) is 15.3 Å². The summed E-state index contributed by atoms with van der Waals surface area (Å²) in [4.78, 5) is 19.3. The third-order valence-electron chi connectivity index (χ3n) is 2.26. The van der Waals surface area contributed by atoms with Crippen molar-refractivity contribution in [3.8, 4) is 6.07 Å². The Morgan fingerprint density at radius 3 is 3.10 bits per heavy atom. The molecule has 102 valence electrons. The van der Waals surface area contributed by atoms with E-state index in [0.29, 0.717) is 16.4 Å². The normalized spacial score (nSPS) is 15.9. The number of hydrogen-bond acceptors (Lipinski definition) is 7. The molecule has 1 N–H and O–H groups in total. The first-order valence-electron chi connectivity index (χ1n) is 5.60. The lowest BCUT2D eigenvalue weighted by atomic mass is 10.2. The van der Waals surface area contributed by atoms with Crippen LogP contribution < -0.4 is 5.32 Å². The van der Waals surface area contributed by atoms with E-state index in [0.717, 1.165) is 0 Å². The van der Waals surface area contributed by atoms with Gasteiger partial charge in [-0.25, -0.2) is 14.8 Å². The Kier molecular flexibility index (Phi) is 4.61. The van der Waals surface area contributed by atoms with Crippen molar-refractivity contribution >= 4 is 34.9 Å². The second-order valence-electron chi connectivity index (χ2n) is 3.52. The van der Waals surface area contributed by atoms with Crippen LogP contribution in [0.2, 0.25) is 5.28 Å². The molecule has 0 bridgehead atoms. The summed E-state index contributed by atoms with van der Waals surface area (Å²) in [6.45, 7) is 2.01. The Hall–Kier alpha value is -2.04. The fourth-order valence-electron chi connectivity index (χ4n) is 1.43. The summed E-state index contributed by atoms with van der Waals surface area (Å²) in [7, 11) is 0. The SMILES string of the molecule is CCOC(=O)C1=CSC(=C(C#N)c2ccnc(Cl)n2)N1. The van der Waals surface area contributed by atoms with Gasteiger partial charge in [0, 0.05) is 11.6 Å². The van der Waals surface area contributed by atoms with E-state index in [1.807, 2.05) is 6.07 Å². The van der Waals surface area contributed by atoms with Gasteiger partial charge in [-0.15, -0.1) is 0 Å². The van der Waals surface area contributed by atoms with Crippen molar-refractivity contribution in [1.82, 2.24) is 15.3 Å². The first kappa shape index (κ1) is 14.4. The number of halogens is 1. The predicted octanol–water partition coefficient (Wildman–Crippen LogP) is 2.06. The van der Waals surface area contributed by atoms with Crippen LogP contribution in [-0.2, 0) is 9.53 Å². The van der Waals surface area contributed by atoms with Crippen molar-refractivity contribution in [3.05, 3.63) is 39.4 Å². The molecule has 0 saturated heterocycles. The van der Waals surface area contributed by atoms with Crippen molar-refractivity contribution in [2.24, 2.45) is 0 Å². The minimum atomic E-state index is -0.465. The maximum Gasteiger partial charge on any atom is 0.355 e.